The number of anilines is 2. The Kier molecular flexibility index (Phi) is 9.84. The number of hydrogen-bond donors (Lipinski definition) is 7. The van der Waals surface area contributed by atoms with E-state index in [0.29, 0.717) is 26.2 Å². The lowest BCUT2D eigenvalue weighted by Crippen LogP contribution is -2.35. The smallest absolute Gasteiger partial charge is 0.155 e. The quantitative estimate of drug-likeness (QED) is 0.0655. The Bertz CT molecular complexity index is 3280. The predicted molar refractivity (Wildman–Crippen MR) is 255 cm³/mol. The maximum Gasteiger partial charge on any atom is 0.155 e. The van der Waals surface area contributed by atoms with Crippen LogP contribution in [0.4, 0.5) is 11.4 Å². The van der Waals surface area contributed by atoms with Gasteiger partial charge in [0.1, 0.15) is 30.5 Å². The van der Waals surface area contributed by atoms with E-state index in [1.165, 1.54) is 22.3 Å². The minimum absolute atomic E-state index is 0.0237. The third-order valence-corrected chi connectivity index (χ3v) is 13.0. The third kappa shape index (κ3) is 7.40. The number of H-pyrrole nitrogens is 2. The fourth-order valence-corrected chi connectivity index (χ4v) is 9.73. The van der Waals surface area contributed by atoms with Gasteiger partial charge in [-0.1, -0.05) is 30.3 Å². The molecule has 0 amide bonds. The largest absolute Gasteiger partial charge is 0.378 e. The fraction of sp³-hybridized carbons (Fsp3) is 0.220. The van der Waals surface area contributed by atoms with Crippen molar-refractivity contribution in [3.05, 3.63) is 166 Å². The number of aromatic nitrogens is 9. The summed E-state index contributed by atoms with van der Waals surface area (Å²) in [4.78, 5) is 37.1. The van der Waals surface area contributed by atoms with Gasteiger partial charge in [0.2, 0.25) is 0 Å². The first-order valence-electron chi connectivity index (χ1n) is 22.5. The van der Waals surface area contributed by atoms with Crippen molar-refractivity contribution < 1.29 is 0 Å². The van der Waals surface area contributed by atoms with Gasteiger partial charge in [0.05, 0.1) is 47.3 Å². The molecule has 4 aliphatic rings. The molecule has 66 heavy (non-hydrogen) atoms. The van der Waals surface area contributed by atoms with Crippen molar-refractivity contribution in [3.63, 3.8) is 0 Å². The number of benzene rings is 2. The lowest BCUT2D eigenvalue weighted by molar-refractivity contribution is 0.451. The molecule has 0 radical (unpaired) electrons. The molecule has 0 bridgehead atoms. The topological polar surface area (TPSA) is 217 Å². The van der Waals surface area contributed by atoms with E-state index in [1.807, 2.05) is 60.6 Å². The number of imidazole rings is 2. The first-order valence-corrected chi connectivity index (χ1v) is 22.5. The minimum atomic E-state index is 0.0237. The molecule has 8 heterocycles. The molecule has 2 aromatic carbocycles. The van der Waals surface area contributed by atoms with Crippen LogP contribution in [0.5, 0.6) is 0 Å². The van der Waals surface area contributed by atoms with Crippen molar-refractivity contribution in [3.8, 4) is 34.0 Å². The molecule has 16 heteroatoms. The van der Waals surface area contributed by atoms with Crippen LogP contribution in [0.15, 0.2) is 120 Å². The summed E-state index contributed by atoms with van der Waals surface area (Å²) in [6.45, 7) is 3.42. The number of hydrogen-bond acceptors (Lipinski definition) is 13. The number of aliphatic imine (C=N–C) groups is 1. The lowest BCUT2D eigenvalue weighted by atomic mass is 9.99. The van der Waals surface area contributed by atoms with Crippen LogP contribution in [-0.4, -0.2) is 62.0 Å². The van der Waals surface area contributed by atoms with E-state index in [4.69, 9.17) is 36.4 Å². The summed E-state index contributed by atoms with van der Waals surface area (Å²) in [6.07, 6.45) is 12.2. The van der Waals surface area contributed by atoms with Crippen molar-refractivity contribution >= 4 is 28.4 Å². The highest BCUT2D eigenvalue weighted by Crippen LogP contribution is 2.37. The van der Waals surface area contributed by atoms with Gasteiger partial charge in [-0.15, -0.1) is 0 Å². The molecule has 2 unspecified atom stereocenters. The number of hydrazine groups is 1. The summed E-state index contributed by atoms with van der Waals surface area (Å²) in [5.41, 5.74) is 33.6. The second kappa shape index (κ2) is 16.3. The molecule has 0 fully saturated rings. The second-order valence-electron chi connectivity index (χ2n) is 17.4. The van der Waals surface area contributed by atoms with Crippen LogP contribution in [0.3, 0.4) is 0 Å². The number of aryl methyl sites for hydroxylation is 3. The monoisotopic (exact) mass is 872 g/mol. The van der Waals surface area contributed by atoms with Gasteiger partial charge in [0.15, 0.2) is 5.65 Å². The van der Waals surface area contributed by atoms with Crippen LogP contribution in [0.1, 0.15) is 75.9 Å². The Morgan fingerprint density at radius 3 is 2.45 bits per heavy atom. The number of nitrogens with two attached hydrogens (primary N) is 2. The summed E-state index contributed by atoms with van der Waals surface area (Å²) in [5.74, 6) is 2.40. The first-order chi connectivity index (χ1) is 32.4. The van der Waals surface area contributed by atoms with E-state index in [-0.39, 0.29) is 12.1 Å². The normalized spacial score (nSPS) is 17.4. The van der Waals surface area contributed by atoms with Gasteiger partial charge in [-0.3, -0.25) is 15.0 Å². The number of nitrogens with zero attached hydrogens (tertiary/aromatic N) is 9. The van der Waals surface area contributed by atoms with E-state index < -0.39 is 0 Å². The van der Waals surface area contributed by atoms with E-state index in [0.717, 1.165) is 122 Å². The zero-order chi connectivity index (χ0) is 44.3. The summed E-state index contributed by atoms with van der Waals surface area (Å²) < 4.78 is 1.76. The van der Waals surface area contributed by atoms with Crippen molar-refractivity contribution in [2.75, 3.05) is 17.3 Å². The molecular formula is C50H48N16. The highest BCUT2D eigenvalue weighted by atomic mass is 15.6. The zero-order valence-corrected chi connectivity index (χ0v) is 36.4. The number of allylic oxidation sites excluding steroid dienone is 2. The number of rotatable bonds is 12. The molecule has 16 nitrogen and oxygen atoms in total. The maximum atomic E-state index is 6.55. The van der Waals surface area contributed by atoms with Gasteiger partial charge in [-0.2, -0.15) is 5.10 Å². The molecule has 2 atom stereocenters. The standard InChI is InChI=1S/C50H48N16/c1-28-5-2-9-40(59-28)48-47(62-43(64-48)23-54-39-8-3-6-30-13-17-38(52)45(30)39)33-19-32(50-56-27-58-66(50)25-33)20-35-7-4-10-41(60-35)49-46(31-14-18-44-55-26-57-65(44)24-31)61-42(63-49)22-53-34-15-11-29-12-16-37(51)36(29)21-34/h2-11,14-15,18-19,21,24-26,37-38,53-54,58H,12-13,16-17,20,22-23,27,51-52H2,1H3,(H,61,63)(H,62,64). The Morgan fingerprint density at radius 1 is 0.773 bits per heavy atom. The van der Waals surface area contributed by atoms with Crippen molar-refractivity contribution in [2.24, 2.45) is 16.5 Å². The Hall–Kier alpha value is -7.79. The summed E-state index contributed by atoms with van der Waals surface area (Å²) >= 11 is 0. The van der Waals surface area contributed by atoms with Crippen LogP contribution >= 0.6 is 0 Å². The van der Waals surface area contributed by atoms with Gasteiger partial charge in [-0.05, 0) is 116 Å². The van der Waals surface area contributed by atoms with E-state index in [2.05, 4.69) is 90.9 Å². The average Bonchev–Trinajstić information content (AvgIpc) is 4.21. The molecule has 0 saturated heterocycles. The molecule has 2 aliphatic heterocycles. The van der Waals surface area contributed by atoms with Gasteiger partial charge < -0.3 is 32.1 Å². The molecule has 2 aliphatic carbocycles. The summed E-state index contributed by atoms with van der Waals surface area (Å²) in [5, 5.41) is 13.6. The van der Waals surface area contributed by atoms with Gasteiger partial charge >= 0.3 is 0 Å². The number of nitrogens with one attached hydrogen (secondary N) is 5. The van der Waals surface area contributed by atoms with Gasteiger partial charge in [0.25, 0.3) is 0 Å². The molecule has 328 valence electrons. The minimum Gasteiger partial charge on any atom is -0.378 e. The number of fused-ring (bicyclic) bond motifs is 4. The number of pyridine rings is 3. The SMILES string of the molecule is Cc1cccc(-c2[nH]c(CNc3cccc4c3C(N)CC4)nc2C2=CN3NCN=C3C(Cc3cccc(-c4[nH]c(CNc5ccc6c(c5)C(N)CC6)nc4-c4ccc5ncnn5c4)n3)=C2)n1. The molecular weight excluding hydrogens is 825 g/mol. The molecule has 8 aromatic rings. The number of aromatic amines is 2. The van der Waals surface area contributed by atoms with Crippen LogP contribution in [-0.2, 0) is 32.4 Å². The van der Waals surface area contributed by atoms with E-state index >= 15 is 0 Å². The van der Waals surface area contributed by atoms with Crippen molar-refractivity contribution in [1.29, 1.82) is 0 Å². The van der Waals surface area contributed by atoms with Crippen LogP contribution in [0, 0.1) is 6.92 Å². The highest BCUT2D eigenvalue weighted by Gasteiger charge is 2.29. The van der Waals surface area contributed by atoms with E-state index in [9.17, 15) is 0 Å². The predicted octanol–water partition coefficient (Wildman–Crippen LogP) is 7.09. The molecule has 12 rings (SSSR count). The van der Waals surface area contributed by atoms with Gasteiger partial charge in [0, 0.05) is 70.4 Å². The molecule has 9 N–H and O–H groups in total. The Morgan fingerprint density at radius 2 is 1.56 bits per heavy atom. The van der Waals surface area contributed by atoms with E-state index in [1.54, 1.807) is 10.8 Å². The highest BCUT2D eigenvalue weighted by molar-refractivity contribution is 6.05. The summed E-state index contributed by atoms with van der Waals surface area (Å²) in [6, 6.07) is 29.1. The molecule has 0 saturated carbocycles. The lowest BCUT2D eigenvalue weighted by Gasteiger charge is -2.24. The molecule has 6 aromatic heterocycles. The van der Waals surface area contributed by atoms with Crippen LogP contribution in [0.25, 0.3) is 45.3 Å². The average molecular weight is 873 g/mol. The fourth-order valence-electron chi connectivity index (χ4n) is 9.73. The Labute approximate surface area is 380 Å². The zero-order valence-electron chi connectivity index (χ0n) is 36.4. The van der Waals surface area contributed by atoms with Crippen LogP contribution < -0.4 is 27.5 Å². The summed E-state index contributed by atoms with van der Waals surface area (Å²) in [7, 11) is 0. The van der Waals surface area contributed by atoms with Crippen molar-refractivity contribution in [1.82, 2.24) is 54.9 Å². The number of amidine groups is 1. The van der Waals surface area contributed by atoms with Crippen molar-refractivity contribution in [2.45, 2.75) is 64.2 Å². The third-order valence-electron chi connectivity index (χ3n) is 13.0. The Balaban J connectivity index is 0.867. The first kappa shape index (κ1) is 39.8. The van der Waals surface area contributed by atoms with Gasteiger partial charge in [-0.25, -0.2) is 29.9 Å². The maximum absolute atomic E-state index is 6.55. The molecule has 0 spiro atoms. The second-order valence-corrected chi connectivity index (χ2v) is 17.4. The van der Waals surface area contributed by atoms with Crippen LogP contribution in [0.2, 0.25) is 0 Å².